The lowest BCUT2D eigenvalue weighted by Crippen LogP contribution is -2.25. The molecule has 0 heterocycles. The standard InChI is InChI=1S/C6H12N2O/c1-7-6(5-9)4-8(2)3/h6,9H,4-5H2,2-3H3. The van der Waals surface area contributed by atoms with Crippen molar-refractivity contribution in [2.75, 3.05) is 27.2 Å². The van der Waals surface area contributed by atoms with E-state index in [1.54, 1.807) is 0 Å². The Hall–Kier alpha value is -0.590. The van der Waals surface area contributed by atoms with E-state index in [4.69, 9.17) is 11.7 Å². The second-order valence-electron chi connectivity index (χ2n) is 2.23. The number of hydrogen-bond donors (Lipinski definition) is 1. The highest BCUT2D eigenvalue weighted by molar-refractivity contribution is 4.79. The molecule has 0 aliphatic carbocycles. The van der Waals surface area contributed by atoms with Crippen molar-refractivity contribution in [3.8, 4) is 0 Å². The van der Waals surface area contributed by atoms with E-state index in [1.165, 1.54) is 0 Å². The molecule has 3 heteroatoms. The van der Waals surface area contributed by atoms with E-state index in [0.29, 0.717) is 6.54 Å². The molecule has 0 saturated carbocycles. The van der Waals surface area contributed by atoms with Gasteiger partial charge in [0.1, 0.15) is 6.61 Å². The maximum Gasteiger partial charge on any atom is 0.258 e. The summed E-state index contributed by atoms with van der Waals surface area (Å²) in [6.45, 7) is 7.19. The van der Waals surface area contributed by atoms with Crippen molar-refractivity contribution in [3.05, 3.63) is 11.4 Å². The lowest BCUT2D eigenvalue weighted by Gasteiger charge is -2.08. The van der Waals surface area contributed by atoms with Gasteiger partial charge in [0.05, 0.1) is 6.54 Å². The molecule has 0 spiro atoms. The predicted octanol–water partition coefficient (Wildman–Crippen LogP) is -0.172. The maximum atomic E-state index is 8.53. The summed E-state index contributed by atoms with van der Waals surface area (Å²) in [6, 6.07) is -0.250. The summed E-state index contributed by atoms with van der Waals surface area (Å²) in [5.41, 5.74) is 0. The van der Waals surface area contributed by atoms with E-state index in [0.717, 1.165) is 0 Å². The van der Waals surface area contributed by atoms with Crippen LogP contribution in [0, 0.1) is 6.57 Å². The van der Waals surface area contributed by atoms with Crippen molar-refractivity contribution >= 4 is 0 Å². The second kappa shape index (κ2) is 4.30. The molecule has 1 unspecified atom stereocenters. The fourth-order valence-corrected chi connectivity index (χ4v) is 0.561. The Bertz CT molecular complexity index is 106. The third-order valence-electron chi connectivity index (χ3n) is 0.969. The van der Waals surface area contributed by atoms with Gasteiger partial charge in [-0.25, -0.2) is 6.57 Å². The first-order valence-electron chi connectivity index (χ1n) is 2.83. The molecule has 52 valence electrons. The summed E-state index contributed by atoms with van der Waals surface area (Å²) in [6.07, 6.45) is 0. The van der Waals surface area contributed by atoms with Gasteiger partial charge < -0.3 is 14.9 Å². The van der Waals surface area contributed by atoms with Crippen molar-refractivity contribution < 1.29 is 5.11 Å². The highest BCUT2D eigenvalue weighted by Crippen LogP contribution is 1.89. The number of nitrogens with zero attached hydrogens (tertiary/aromatic N) is 2. The lowest BCUT2D eigenvalue weighted by atomic mass is 10.3. The molecular formula is C6H12N2O. The van der Waals surface area contributed by atoms with E-state index in [-0.39, 0.29) is 12.6 Å². The molecule has 1 atom stereocenters. The molecular weight excluding hydrogens is 116 g/mol. The molecule has 1 N–H and O–H groups in total. The van der Waals surface area contributed by atoms with E-state index in [2.05, 4.69) is 4.85 Å². The number of likely N-dealkylation sites (N-methyl/N-ethyl adjacent to an activating group) is 1. The third-order valence-corrected chi connectivity index (χ3v) is 0.969. The second-order valence-corrected chi connectivity index (χ2v) is 2.23. The Morgan fingerprint density at radius 3 is 2.33 bits per heavy atom. The summed E-state index contributed by atoms with van der Waals surface area (Å²) < 4.78 is 0. The lowest BCUT2D eigenvalue weighted by molar-refractivity contribution is 0.253. The fourth-order valence-electron chi connectivity index (χ4n) is 0.561. The van der Waals surface area contributed by atoms with Gasteiger partial charge in [0.2, 0.25) is 0 Å². The van der Waals surface area contributed by atoms with Gasteiger partial charge in [-0.05, 0) is 14.1 Å². The molecule has 0 aliphatic heterocycles. The maximum absolute atomic E-state index is 8.53. The Labute approximate surface area is 55.7 Å². The molecule has 9 heavy (non-hydrogen) atoms. The van der Waals surface area contributed by atoms with E-state index < -0.39 is 0 Å². The average molecular weight is 128 g/mol. The smallest absolute Gasteiger partial charge is 0.258 e. The van der Waals surface area contributed by atoms with Gasteiger partial charge in [0.25, 0.3) is 6.04 Å². The van der Waals surface area contributed by atoms with Crippen LogP contribution in [0.5, 0.6) is 0 Å². The number of aliphatic hydroxyl groups is 1. The van der Waals surface area contributed by atoms with Crippen LogP contribution in [-0.4, -0.2) is 43.3 Å². The van der Waals surface area contributed by atoms with Gasteiger partial charge in [0.15, 0.2) is 0 Å². The van der Waals surface area contributed by atoms with Crippen LogP contribution >= 0.6 is 0 Å². The first kappa shape index (κ1) is 8.41. The minimum atomic E-state index is -0.250. The van der Waals surface area contributed by atoms with E-state index in [9.17, 15) is 0 Å². The predicted molar refractivity (Wildman–Crippen MR) is 36.0 cm³/mol. The summed E-state index contributed by atoms with van der Waals surface area (Å²) in [5, 5.41) is 8.53. The van der Waals surface area contributed by atoms with Crippen molar-refractivity contribution in [2.45, 2.75) is 6.04 Å². The zero-order valence-corrected chi connectivity index (χ0v) is 5.83. The SMILES string of the molecule is [C-]#[N+]C(CO)CN(C)C. The Morgan fingerprint density at radius 1 is 1.67 bits per heavy atom. The molecule has 0 aromatic heterocycles. The van der Waals surface area contributed by atoms with Gasteiger partial charge in [-0.1, -0.05) is 0 Å². The van der Waals surface area contributed by atoms with Crippen molar-refractivity contribution in [3.63, 3.8) is 0 Å². The van der Waals surface area contributed by atoms with Crippen LogP contribution in [0.15, 0.2) is 0 Å². The molecule has 0 bridgehead atoms. The zero-order chi connectivity index (χ0) is 7.28. The molecule has 0 aromatic rings. The quantitative estimate of drug-likeness (QED) is 0.534. The molecule has 0 aliphatic rings. The van der Waals surface area contributed by atoms with Crippen LogP contribution in [-0.2, 0) is 0 Å². The van der Waals surface area contributed by atoms with Gasteiger partial charge in [-0.3, -0.25) is 0 Å². The largest absolute Gasteiger partial charge is 0.388 e. The van der Waals surface area contributed by atoms with Crippen molar-refractivity contribution in [2.24, 2.45) is 0 Å². The normalized spacial score (nSPS) is 13.2. The highest BCUT2D eigenvalue weighted by Gasteiger charge is 2.10. The first-order chi connectivity index (χ1) is 4.20. The summed E-state index contributed by atoms with van der Waals surface area (Å²) >= 11 is 0. The Kier molecular flexibility index (Phi) is 4.02. The van der Waals surface area contributed by atoms with Crippen LogP contribution in [0.4, 0.5) is 0 Å². The average Bonchev–Trinajstić information content (AvgIpc) is 1.82. The molecule has 0 saturated heterocycles. The van der Waals surface area contributed by atoms with Crippen molar-refractivity contribution in [1.82, 2.24) is 4.90 Å². The molecule has 0 radical (unpaired) electrons. The summed E-state index contributed by atoms with van der Waals surface area (Å²) in [5.74, 6) is 0. The zero-order valence-electron chi connectivity index (χ0n) is 5.83. The van der Waals surface area contributed by atoms with Crippen LogP contribution in [0.3, 0.4) is 0 Å². The Balaban J connectivity index is 3.47. The summed E-state index contributed by atoms with van der Waals surface area (Å²) in [4.78, 5) is 5.09. The molecule has 0 rings (SSSR count). The number of aliphatic hydroxyl groups excluding tert-OH is 1. The fraction of sp³-hybridized carbons (Fsp3) is 0.833. The summed E-state index contributed by atoms with van der Waals surface area (Å²) in [7, 11) is 3.77. The van der Waals surface area contributed by atoms with Crippen LogP contribution in [0.1, 0.15) is 0 Å². The minimum absolute atomic E-state index is 0.0400. The van der Waals surface area contributed by atoms with Crippen LogP contribution < -0.4 is 0 Å². The van der Waals surface area contributed by atoms with Gasteiger partial charge in [0, 0.05) is 0 Å². The van der Waals surface area contributed by atoms with Crippen LogP contribution in [0.25, 0.3) is 4.85 Å². The third kappa shape index (κ3) is 3.95. The molecule has 3 nitrogen and oxygen atoms in total. The Morgan fingerprint density at radius 2 is 2.22 bits per heavy atom. The molecule has 0 fully saturated rings. The van der Waals surface area contributed by atoms with Gasteiger partial charge >= 0.3 is 0 Å². The number of hydrogen-bond acceptors (Lipinski definition) is 2. The topological polar surface area (TPSA) is 27.8 Å². The van der Waals surface area contributed by atoms with E-state index in [1.807, 2.05) is 19.0 Å². The van der Waals surface area contributed by atoms with E-state index >= 15 is 0 Å². The molecule has 0 amide bonds. The van der Waals surface area contributed by atoms with Gasteiger partial charge in [-0.2, -0.15) is 0 Å². The molecule has 0 aromatic carbocycles. The van der Waals surface area contributed by atoms with Crippen molar-refractivity contribution in [1.29, 1.82) is 0 Å². The van der Waals surface area contributed by atoms with Crippen LogP contribution in [0.2, 0.25) is 0 Å². The highest BCUT2D eigenvalue weighted by atomic mass is 16.3. The minimum Gasteiger partial charge on any atom is -0.388 e. The monoisotopic (exact) mass is 128 g/mol. The van der Waals surface area contributed by atoms with Gasteiger partial charge in [-0.15, -0.1) is 0 Å². The number of rotatable bonds is 3. The first-order valence-corrected chi connectivity index (χ1v) is 2.83.